The molecule has 0 unspecified atom stereocenters. The molecule has 2 saturated heterocycles. The third kappa shape index (κ3) is 2.97. The van der Waals surface area contributed by atoms with Crippen LogP contribution in [-0.2, 0) is 19.1 Å². The van der Waals surface area contributed by atoms with Gasteiger partial charge in [-0.3, -0.25) is 24.6 Å². The smallest absolute Gasteiger partial charge is 0.326 e. The van der Waals surface area contributed by atoms with E-state index in [1.807, 2.05) is 37.4 Å². The highest BCUT2D eigenvalue weighted by atomic mass is 32.2. The fourth-order valence-electron chi connectivity index (χ4n) is 4.54. The van der Waals surface area contributed by atoms with E-state index < -0.39 is 29.4 Å². The molecule has 1 aromatic rings. The lowest BCUT2D eigenvalue weighted by Crippen LogP contribution is -2.56. The van der Waals surface area contributed by atoms with Gasteiger partial charge in [-0.15, -0.1) is 0 Å². The highest BCUT2D eigenvalue weighted by molar-refractivity contribution is 7.98. The Morgan fingerprint density at radius 3 is 2.59 bits per heavy atom. The summed E-state index contributed by atoms with van der Waals surface area (Å²) < 4.78 is 5.12. The minimum absolute atomic E-state index is 0.205. The van der Waals surface area contributed by atoms with E-state index in [2.05, 4.69) is 5.32 Å². The Hall–Kier alpha value is -1.86. The number of fused-ring (bicyclic) bond motifs is 1. The number of benzene rings is 1. The molecule has 27 heavy (non-hydrogen) atoms. The van der Waals surface area contributed by atoms with Crippen LogP contribution in [0.1, 0.15) is 30.5 Å². The summed E-state index contributed by atoms with van der Waals surface area (Å²) in [6, 6.07) is 7.39. The Morgan fingerprint density at radius 1 is 1.30 bits per heavy atom. The molecule has 1 aromatic carbocycles. The van der Waals surface area contributed by atoms with Gasteiger partial charge >= 0.3 is 5.97 Å². The van der Waals surface area contributed by atoms with Crippen molar-refractivity contribution in [3.63, 3.8) is 0 Å². The number of imide groups is 1. The van der Waals surface area contributed by atoms with Gasteiger partial charge in [0.05, 0.1) is 18.9 Å². The van der Waals surface area contributed by atoms with Crippen molar-refractivity contribution in [3.05, 3.63) is 35.4 Å². The molecule has 0 spiro atoms. The minimum atomic E-state index is -1.19. The predicted molar refractivity (Wildman–Crippen MR) is 104 cm³/mol. The number of hydrogen-bond acceptors (Lipinski definition) is 6. The highest BCUT2D eigenvalue weighted by Gasteiger charge is 2.68. The van der Waals surface area contributed by atoms with Crippen LogP contribution in [0, 0.1) is 18.8 Å². The number of rotatable bonds is 6. The average molecular weight is 391 g/mol. The number of aryl methyl sites for hydroxylation is 1. The number of ether oxygens (including phenoxy) is 1. The van der Waals surface area contributed by atoms with Crippen LogP contribution in [0.15, 0.2) is 24.3 Å². The second-order valence-corrected chi connectivity index (χ2v) is 8.09. The van der Waals surface area contributed by atoms with E-state index in [9.17, 15) is 14.4 Å². The first-order valence-corrected chi connectivity index (χ1v) is 10.6. The molecule has 1 N–H and O–H groups in total. The molecule has 2 aliphatic rings. The number of nitrogens with one attached hydrogen (secondary N) is 1. The van der Waals surface area contributed by atoms with Crippen molar-refractivity contribution >= 4 is 29.5 Å². The molecule has 146 valence electrons. The fraction of sp³-hybridized carbons (Fsp3) is 0.550. The lowest BCUT2D eigenvalue weighted by Gasteiger charge is -2.32. The summed E-state index contributed by atoms with van der Waals surface area (Å²) in [6.45, 7) is 4.07. The Kier molecular flexibility index (Phi) is 5.63. The number of thioether (sulfide) groups is 1. The Morgan fingerprint density at radius 2 is 2.00 bits per heavy atom. The summed E-state index contributed by atoms with van der Waals surface area (Å²) in [5, 5.41) is 3.40. The molecule has 0 saturated carbocycles. The number of nitrogens with zero attached hydrogens (tertiary/aromatic N) is 1. The van der Waals surface area contributed by atoms with Crippen molar-refractivity contribution in [2.24, 2.45) is 11.8 Å². The van der Waals surface area contributed by atoms with E-state index in [-0.39, 0.29) is 11.8 Å². The fourth-order valence-corrected chi connectivity index (χ4v) is 5.07. The van der Waals surface area contributed by atoms with Gasteiger partial charge in [0.15, 0.2) is 0 Å². The van der Waals surface area contributed by atoms with Gasteiger partial charge in [0.2, 0.25) is 11.8 Å². The molecule has 0 aliphatic carbocycles. The lowest BCUT2D eigenvalue weighted by molar-refractivity contribution is -0.154. The van der Waals surface area contributed by atoms with E-state index in [1.165, 1.54) is 12.0 Å². The molecular weight excluding hydrogens is 364 g/mol. The van der Waals surface area contributed by atoms with E-state index in [0.29, 0.717) is 18.7 Å². The van der Waals surface area contributed by atoms with Crippen LogP contribution in [-0.4, -0.2) is 53.9 Å². The first kappa shape index (κ1) is 19.9. The molecule has 3 rings (SSSR count). The molecule has 4 atom stereocenters. The van der Waals surface area contributed by atoms with Crippen LogP contribution in [0.25, 0.3) is 0 Å². The summed E-state index contributed by atoms with van der Waals surface area (Å²) in [5.74, 6) is -1.61. The topological polar surface area (TPSA) is 75.7 Å². The summed E-state index contributed by atoms with van der Waals surface area (Å²) >= 11 is 1.60. The maximum atomic E-state index is 13.1. The van der Waals surface area contributed by atoms with Crippen LogP contribution in [0.4, 0.5) is 0 Å². The molecule has 2 heterocycles. The van der Waals surface area contributed by atoms with Crippen LogP contribution < -0.4 is 5.32 Å². The largest absolute Gasteiger partial charge is 0.468 e. The molecule has 0 bridgehead atoms. The zero-order valence-corrected chi connectivity index (χ0v) is 17.0. The maximum Gasteiger partial charge on any atom is 0.326 e. The van der Waals surface area contributed by atoms with Gasteiger partial charge in [-0.1, -0.05) is 24.3 Å². The molecule has 2 aliphatic heterocycles. The van der Waals surface area contributed by atoms with Gasteiger partial charge < -0.3 is 4.74 Å². The number of esters is 1. The van der Waals surface area contributed by atoms with Gasteiger partial charge in [0.25, 0.3) is 0 Å². The monoisotopic (exact) mass is 390 g/mol. The van der Waals surface area contributed by atoms with Crippen LogP contribution in [0.2, 0.25) is 0 Å². The second-order valence-electron chi connectivity index (χ2n) is 7.11. The van der Waals surface area contributed by atoms with Crippen LogP contribution in [0.5, 0.6) is 0 Å². The highest BCUT2D eigenvalue weighted by Crippen LogP contribution is 2.51. The summed E-state index contributed by atoms with van der Waals surface area (Å²) in [4.78, 5) is 40.5. The lowest BCUT2D eigenvalue weighted by atomic mass is 9.77. The second kappa shape index (κ2) is 7.64. The molecule has 0 radical (unpaired) electrons. The number of likely N-dealkylation sites (tertiary alicyclic amines) is 1. The molecule has 6 nitrogen and oxygen atoms in total. The van der Waals surface area contributed by atoms with Crippen molar-refractivity contribution in [2.75, 3.05) is 25.7 Å². The third-order valence-electron chi connectivity index (χ3n) is 5.84. The Bertz CT molecular complexity index is 768. The van der Waals surface area contributed by atoms with Crippen molar-refractivity contribution < 1.29 is 19.1 Å². The molecular formula is C20H26N2O4S. The number of amides is 2. The zero-order chi connectivity index (χ0) is 19.8. The van der Waals surface area contributed by atoms with Crippen molar-refractivity contribution in [2.45, 2.75) is 31.8 Å². The standard InChI is InChI=1S/C20H26N2O4S/c1-5-22-17(23)14-15(18(22)24)20(10-11-27-4,19(25)26-3)21-16(14)13-9-7-6-8-12(13)2/h6-9,14-16,21H,5,10-11H2,1-4H3/t14-,15-,16+,20+/m0/s1. The number of carbonyl (C=O) groups excluding carboxylic acids is 3. The third-order valence-corrected chi connectivity index (χ3v) is 6.45. The SMILES string of the molecule is CCN1C(=O)[C@@H]2[C@@H](c3ccccc3C)N[C@@](CCSC)(C(=O)OC)[C@@H]2C1=O. The normalized spacial score (nSPS) is 29.9. The summed E-state index contributed by atoms with van der Waals surface area (Å²) in [6.07, 6.45) is 2.39. The molecule has 2 fully saturated rings. The molecule has 2 amide bonds. The van der Waals surface area contributed by atoms with E-state index in [0.717, 1.165) is 11.1 Å². The van der Waals surface area contributed by atoms with Crippen molar-refractivity contribution in [3.8, 4) is 0 Å². The van der Waals surface area contributed by atoms with Crippen LogP contribution >= 0.6 is 11.8 Å². The number of hydrogen-bond donors (Lipinski definition) is 1. The minimum Gasteiger partial charge on any atom is -0.468 e. The molecule has 7 heteroatoms. The van der Waals surface area contributed by atoms with Crippen molar-refractivity contribution in [1.82, 2.24) is 10.2 Å². The average Bonchev–Trinajstić information content (AvgIpc) is 3.14. The van der Waals surface area contributed by atoms with Crippen molar-refractivity contribution in [1.29, 1.82) is 0 Å². The summed E-state index contributed by atoms with van der Waals surface area (Å²) in [7, 11) is 1.33. The van der Waals surface area contributed by atoms with Gasteiger partial charge in [0.1, 0.15) is 5.54 Å². The number of carbonyl (C=O) groups is 3. The first-order chi connectivity index (χ1) is 12.9. The predicted octanol–water partition coefficient (Wildman–Crippen LogP) is 1.93. The molecule has 0 aromatic heterocycles. The van der Waals surface area contributed by atoms with Gasteiger partial charge in [-0.2, -0.15) is 11.8 Å². The van der Waals surface area contributed by atoms with Gasteiger partial charge in [-0.25, -0.2) is 0 Å². The van der Waals surface area contributed by atoms with E-state index >= 15 is 0 Å². The van der Waals surface area contributed by atoms with Gasteiger partial charge in [0, 0.05) is 12.6 Å². The van der Waals surface area contributed by atoms with Gasteiger partial charge in [-0.05, 0) is 43.4 Å². The Balaban J connectivity index is 2.16. The zero-order valence-electron chi connectivity index (χ0n) is 16.2. The van der Waals surface area contributed by atoms with E-state index in [4.69, 9.17) is 4.74 Å². The Labute approximate surface area is 164 Å². The quantitative estimate of drug-likeness (QED) is 0.591. The number of methoxy groups -OCH3 is 1. The maximum absolute atomic E-state index is 13.1. The summed E-state index contributed by atoms with van der Waals surface area (Å²) in [5.41, 5.74) is 0.780. The first-order valence-electron chi connectivity index (χ1n) is 9.18. The van der Waals surface area contributed by atoms with E-state index in [1.54, 1.807) is 18.7 Å². The van der Waals surface area contributed by atoms with Crippen LogP contribution in [0.3, 0.4) is 0 Å².